The lowest BCUT2D eigenvalue weighted by Gasteiger charge is -2.42. The number of carbonyl (C=O) groups is 2. The van der Waals surface area contributed by atoms with E-state index in [1.165, 1.54) is 4.90 Å². The van der Waals surface area contributed by atoms with Gasteiger partial charge >= 0.3 is 16.3 Å². The number of β-lactam (4-membered cyclic amide) rings is 1. The number of nitrogens with one attached hydrogen (secondary N) is 1. The molecule has 0 bridgehead atoms. The molecular weight excluding hydrogens is 350 g/mol. The van der Waals surface area contributed by atoms with Crippen LogP contribution in [0.1, 0.15) is 25.7 Å². The van der Waals surface area contributed by atoms with E-state index in [0.29, 0.717) is 23.8 Å². The zero-order valence-corrected chi connectivity index (χ0v) is 14.8. The summed E-state index contributed by atoms with van der Waals surface area (Å²) in [6.45, 7) is 3.57. The van der Waals surface area contributed by atoms with E-state index in [9.17, 15) is 18.0 Å². The quantitative estimate of drug-likeness (QED) is 0.406. The van der Waals surface area contributed by atoms with E-state index in [1.54, 1.807) is 0 Å². The van der Waals surface area contributed by atoms with Gasteiger partial charge in [0.05, 0.1) is 6.04 Å². The smallest absolute Gasteiger partial charge is 0.335 e. The molecule has 4 N–H and O–H groups in total. The molecule has 3 rings (SSSR count). The molecule has 3 aliphatic heterocycles. The van der Waals surface area contributed by atoms with Gasteiger partial charge in [-0.2, -0.15) is 8.42 Å². The first-order valence-electron chi connectivity index (χ1n) is 8.63. The highest BCUT2D eigenvalue weighted by Crippen LogP contribution is 2.35. The van der Waals surface area contributed by atoms with Crippen LogP contribution in [-0.2, 0) is 15.1 Å². The van der Waals surface area contributed by atoms with E-state index < -0.39 is 28.3 Å². The van der Waals surface area contributed by atoms with Gasteiger partial charge in [0.2, 0.25) is 0 Å². The Bertz CT molecular complexity index is 642. The maximum absolute atomic E-state index is 12.5. The third-order valence-corrected chi connectivity index (χ3v) is 6.19. The first-order chi connectivity index (χ1) is 11.8. The number of rotatable bonds is 4. The van der Waals surface area contributed by atoms with Crippen LogP contribution in [0.2, 0.25) is 0 Å². The van der Waals surface area contributed by atoms with Gasteiger partial charge < -0.3 is 20.9 Å². The van der Waals surface area contributed by atoms with Crippen LogP contribution in [0.3, 0.4) is 0 Å². The molecule has 3 atom stereocenters. The molecule has 3 saturated heterocycles. The molecule has 3 aliphatic rings. The lowest BCUT2D eigenvalue weighted by molar-refractivity contribution is -0.143. The SMILES string of the molecule is NCCN1CCC[C@H](NC(=O)N2CCC3[C@H]2C(=O)N3S(=O)(=O)O)CC1. The number of carbonyl (C=O) groups excluding carboxylic acids is 2. The first-order valence-corrected chi connectivity index (χ1v) is 10.0. The molecule has 3 fully saturated rings. The second-order valence-corrected chi connectivity index (χ2v) is 8.10. The van der Waals surface area contributed by atoms with E-state index >= 15 is 0 Å². The fourth-order valence-corrected chi connectivity index (χ4v) is 4.91. The zero-order valence-electron chi connectivity index (χ0n) is 14.0. The van der Waals surface area contributed by atoms with Crippen molar-refractivity contribution in [2.75, 3.05) is 32.7 Å². The summed E-state index contributed by atoms with van der Waals surface area (Å²) in [7, 11) is -4.55. The van der Waals surface area contributed by atoms with Crippen molar-refractivity contribution in [2.45, 2.75) is 43.8 Å². The van der Waals surface area contributed by atoms with Crippen LogP contribution in [0.25, 0.3) is 0 Å². The molecule has 3 heterocycles. The largest absolute Gasteiger partial charge is 0.362 e. The number of nitrogens with zero attached hydrogens (tertiary/aromatic N) is 3. The molecule has 0 aromatic heterocycles. The second kappa shape index (κ2) is 7.06. The summed E-state index contributed by atoms with van der Waals surface area (Å²) < 4.78 is 32.0. The number of nitrogens with two attached hydrogens (primary N) is 1. The fourth-order valence-electron chi connectivity index (χ4n) is 4.01. The summed E-state index contributed by atoms with van der Waals surface area (Å²) in [5, 5.41) is 2.97. The molecule has 3 amide bonds. The highest BCUT2D eigenvalue weighted by molar-refractivity contribution is 7.84. The second-order valence-electron chi connectivity index (χ2n) is 6.81. The Morgan fingerprint density at radius 3 is 2.68 bits per heavy atom. The predicted octanol–water partition coefficient (Wildman–Crippen LogP) is -1.40. The minimum absolute atomic E-state index is 0.0298. The Morgan fingerprint density at radius 1 is 1.24 bits per heavy atom. The van der Waals surface area contributed by atoms with E-state index in [-0.39, 0.29) is 12.1 Å². The summed E-state index contributed by atoms with van der Waals surface area (Å²) in [4.78, 5) is 28.2. The number of urea groups is 1. The summed E-state index contributed by atoms with van der Waals surface area (Å²) in [6.07, 6.45) is 2.99. The highest BCUT2D eigenvalue weighted by Gasteiger charge is 2.60. The Balaban J connectivity index is 1.56. The summed E-state index contributed by atoms with van der Waals surface area (Å²) in [6, 6.07) is -1.75. The van der Waals surface area contributed by atoms with Gasteiger partial charge in [-0.3, -0.25) is 9.35 Å². The number of hydrogen-bond acceptors (Lipinski definition) is 6. The number of amides is 3. The predicted molar refractivity (Wildman–Crippen MR) is 89.0 cm³/mol. The van der Waals surface area contributed by atoms with Crippen LogP contribution < -0.4 is 11.1 Å². The number of fused-ring (bicyclic) bond motifs is 1. The highest BCUT2D eigenvalue weighted by atomic mass is 32.2. The van der Waals surface area contributed by atoms with Crippen LogP contribution in [-0.4, -0.2) is 89.9 Å². The number of likely N-dealkylation sites (tertiary alicyclic amines) is 2. The molecule has 0 spiro atoms. The Hall–Kier alpha value is -1.43. The normalized spacial score (nSPS) is 30.6. The van der Waals surface area contributed by atoms with Gasteiger partial charge in [0.15, 0.2) is 0 Å². The molecule has 1 unspecified atom stereocenters. The van der Waals surface area contributed by atoms with Gasteiger partial charge in [-0.15, -0.1) is 0 Å². The van der Waals surface area contributed by atoms with Gasteiger partial charge in [-0.25, -0.2) is 9.10 Å². The van der Waals surface area contributed by atoms with Crippen LogP contribution in [0.15, 0.2) is 0 Å². The topological polar surface area (TPSA) is 136 Å². The minimum Gasteiger partial charge on any atom is -0.335 e. The van der Waals surface area contributed by atoms with Crippen LogP contribution in [0.4, 0.5) is 4.79 Å². The molecule has 0 aromatic carbocycles. The fraction of sp³-hybridized carbons (Fsp3) is 0.857. The van der Waals surface area contributed by atoms with Gasteiger partial charge in [-0.05, 0) is 32.2 Å². The van der Waals surface area contributed by atoms with Crippen molar-refractivity contribution >= 4 is 22.2 Å². The summed E-state index contributed by atoms with van der Waals surface area (Å²) in [5.41, 5.74) is 5.58. The minimum atomic E-state index is -4.55. The average Bonchev–Trinajstić information content (AvgIpc) is 2.75. The standard InChI is InChI=1S/C14H25N5O5S/c15-5-9-17-6-1-2-10(3-7-17)16-14(21)18-8-4-11-12(18)13(20)19(11)25(22,23)24/h10-12H,1-9,15H2,(H,16,21)(H,22,23,24)/t10-,11?,12-/m0/s1. The van der Waals surface area contributed by atoms with Crippen molar-refractivity contribution in [3.63, 3.8) is 0 Å². The third-order valence-electron chi connectivity index (χ3n) is 5.24. The van der Waals surface area contributed by atoms with Gasteiger partial charge in [0.1, 0.15) is 6.04 Å². The Morgan fingerprint density at radius 2 is 2.00 bits per heavy atom. The van der Waals surface area contributed by atoms with E-state index in [4.69, 9.17) is 10.3 Å². The van der Waals surface area contributed by atoms with Gasteiger partial charge in [0, 0.05) is 32.2 Å². The van der Waals surface area contributed by atoms with Gasteiger partial charge in [-0.1, -0.05) is 0 Å². The molecule has 10 nitrogen and oxygen atoms in total. The van der Waals surface area contributed by atoms with Gasteiger partial charge in [0.25, 0.3) is 5.91 Å². The third kappa shape index (κ3) is 3.59. The maximum Gasteiger partial charge on any atom is 0.362 e. The maximum atomic E-state index is 12.5. The Kier molecular flexibility index (Phi) is 5.19. The van der Waals surface area contributed by atoms with E-state index in [0.717, 1.165) is 38.9 Å². The van der Waals surface area contributed by atoms with Crippen LogP contribution in [0.5, 0.6) is 0 Å². The summed E-state index contributed by atoms with van der Waals surface area (Å²) in [5.74, 6) is -0.741. The van der Waals surface area contributed by atoms with Crippen molar-refractivity contribution < 1.29 is 22.6 Å². The van der Waals surface area contributed by atoms with Crippen LogP contribution in [0, 0.1) is 0 Å². The van der Waals surface area contributed by atoms with Crippen molar-refractivity contribution in [2.24, 2.45) is 5.73 Å². The molecule has 25 heavy (non-hydrogen) atoms. The average molecular weight is 375 g/mol. The molecular formula is C14H25N5O5S. The monoisotopic (exact) mass is 375 g/mol. The molecule has 11 heteroatoms. The first kappa shape index (κ1) is 18.4. The van der Waals surface area contributed by atoms with Crippen molar-refractivity contribution in [3.8, 4) is 0 Å². The molecule has 142 valence electrons. The lowest BCUT2D eigenvalue weighted by atomic mass is 10.0. The van der Waals surface area contributed by atoms with E-state index in [2.05, 4.69) is 10.2 Å². The molecule has 0 aromatic rings. The van der Waals surface area contributed by atoms with E-state index in [1.807, 2.05) is 0 Å². The van der Waals surface area contributed by atoms with Crippen molar-refractivity contribution in [1.29, 1.82) is 0 Å². The number of hydrogen-bond donors (Lipinski definition) is 3. The summed E-state index contributed by atoms with van der Waals surface area (Å²) >= 11 is 0. The van der Waals surface area contributed by atoms with Crippen molar-refractivity contribution in [3.05, 3.63) is 0 Å². The molecule has 0 radical (unpaired) electrons. The lowest BCUT2D eigenvalue weighted by Crippen LogP contribution is -2.69. The van der Waals surface area contributed by atoms with Crippen molar-refractivity contribution in [1.82, 2.24) is 19.4 Å². The molecule has 0 aliphatic carbocycles. The molecule has 0 saturated carbocycles. The Labute approximate surface area is 147 Å². The van der Waals surface area contributed by atoms with Crippen LogP contribution >= 0.6 is 0 Å². The zero-order chi connectivity index (χ0) is 18.2.